The predicted molar refractivity (Wildman–Crippen MR) is 91.9 cm³/mol. The van der Waals surface area contributed by atoms with E-state index in [9.17, 15) is 4.79 Å². The van der Waals surface area contributed by atoms with Crippen LogP contribution in [-0.4, -0.2) is 50.6 Å². The van der Waals surface area contributed by atoms with Crippen molar-refractivity contribution < 1.29 is 19.0 Å². The summed E-state index contributed by atoms with van der Waals surface area (Å²) in [5.41, 5.74) is 0. The van der Waals surface area contributed by atoms with Crippen molar-refractivity contribution >= 4 is 5.97 Å². The fourth-order valence-corrected chi connectivity index (χ4v) is 4.37. The zero-order chi connectivity index (χ0) is 16.8. The van der Waals surface area contributed by atoms with Gasteiger partial charge in [-0.3, -0.25) is 4.79 Å². The summed E-state index contributed by atoms with van der Waals surface area (Å²) in [7, 11) is 1.47. The zero-order valence-electron chi connectivity index (χ0n) is 15.0. The number of esters is 1. The van der Waals surface area contributed by atoms with E-state index in [0.29, 0.717) is 24.4 Å². The van der Waals surface area contributed by atoms with Gasteiger partial charge in [0.15, 0.2) is 0 Å². The zero-order valence-corrected chi connectivity index (χ0v) is 15.0. The number of nitrogens with one attached hydrogen (secondary N) is 1. The Morgan fingerprint density at radius 2 is 1.71 bits per heavy atom. The van der Waals surface area contributed by atoms with Gasteiger partial charge in [0.05, 0.1) is 37.9 Å². The van der Waals surface area contributed by atoms with Gasteiger partial charge in [0.25, 0.3) is 0 Å². The third kappa shape index (κ3) is 5.17. The maximum Gasteiger partial charge on any atom is 0.308 e. The second kappa shape index (κ2) is 9.16. The molecule has 24 heavy (non-hydrogen) atoms. The van der Waals surface area contributed by atoms with Gasteiger partial charge in [0, 0.05) is 12.6 Å². The van der Waals surface area contributed by atoms with Crippen LogP contribution in [-0.2, 0) is 19.0 Å². The molecule has 3 aliphatic rings. The van der Waals surface area contributed by atoms with E-state index in [-0.39, 0.29) is 11.9 Å². The quantitative estimate of drug-likeness (QED) is 0.754. The SMILES string of the molecule is COC(=O)[C@H]1CC[C@H](OC[C@@H]2C[C@H](OC3CCCCC3)CN2)CC1. The van der Waals surface area contributed by atoms with Crippen molar-refractivity contribution in [3.8, 4) is 0 Å². The monoisotopic (exact) mass is 339 g/mol. The summed E-state index contributed by atoms with van der Waals surface area (Å²) in [5.74, 6) is 0.0151. The van der Waals surface area contributed by atoms with Crippen LogP contribution in [0.1, 0.15) is 64.2 Å². The fourth-order valence-electron chi connectivity index (χ4n) is 4.37. The van der Waals surface area contributed by atoms with Crippen molar-refractivity contribution in [1.82, 2.24) is 5.32 Å². The maximum atomic E-state index is 11.6. The van der Waals surface area contributed by atoms with E-state index in [1.54, 1.807) is 0 Å². The second-order valence-corrected chi connectivity index (χ2v) is 7.69. The van der Waals surface area contributed by atoms with Crippen molar-refractivity contribution in [2.24, 2.45) is 5.92 Å². The van der Waals surface area contributed by atoms with Gasteiger partial charge in [-0.1, -0.05) is 19.3 Å². The fraction of sp³-hybridized carbons (Fsp3) is 0.947. The molecule has 1 heterocycles. The van der Waals surface area contributed by atoms with Gasteiger partial charge in [-0.15, -0.1) is 0 Å². The average Bonchev–Trinajstić information content (AvgIpc) is 3.08. The molecular formula is C19H33NO4. The van der Waals surface area contributed by atoms with Gasteiger partial charge < -0.3 is 19.5 Å². The minimum absolute atomic E-state index is 0.0615. The number of hydrogen-bond donors (Lipinski definition) is 1. The summed E-state index contributed by atoms with van der Waals surface area (Å²) in [6.45, 7) is 1.72. The van der Waals surface area contributed by atoms with Crippen molar-refractivity contribution in [1.29, 1.82) is 0 Å². The summed E-state index contributed by atoms with van der Waals surface area (Å²) in [5, 5.41) is 3.55. The minimum atomic E-state index is -0.0615. The molecule has 1 N–H and O–H groups in total. The van der Waals surface area contributed by atoms with E-state index in [2.05, 4.69) is 5.32 Å². The molecule has 3 fully saturated rings. The Bertz CT molecular complexity index is 389. The Morgan fingerprint density at radius 1 is 0.958 bits per heavy atom. The molecule has 138 valence electrons. The summed E-state index contributed by atoms with van der Waals surface area (Å²) in [6.07, 6.45) is 12.4. The first-order valence-electron chi connectivity index (χ1n) is 9.83. The highest BCUT2D eigenvalue weighted by atomic mass is 16.5. The predicted octanol–water partition coefficient (Wildman–Crippen LogP) is 2.81. The topological polar surface area (TPSA) is 56.8 Å². The molecule has 2 saturated carbocycles. The minimum Gasteiger partial charge on any atom is -0.469 e. The number of rotatable bonds is 6. The summed E-state index contributed by atoms with van der Waals surface area (Å²) < 4.78 is 17.2. The van der Waals surface area contributed by atoms with Gasteiger partial charge in [0.1, 0.15) is 0 Å². The highest BCUT2D eigenvalue weighted by Crippen LogP contribution is 2.28. The molecule has 0 radical (unpaired) electrons. The van der Waals surface area contributed by atoms with Crippen LogP contribution in [0.5, 0.6) is 0 Å². The molecule has 5 nitrogen and oxygen atoms in total. The Balaban J connectivity index is 1.30. The molecule has 1 saturated heterocycles. The van der Waals surface area contributed by atoms with Gasteiger partial charge in [-0.25, -0.2) is 0 Å². The van der Waals surface area contributed by atoms with Gasteiger partial charge in [-0.2, -0.15) is 0 Å². The van der Waals surface area contributed by atoms with Gasteiger partial charge >= 0.3 is 5.97 Å². The number of carbonyl (C=O) groups is 1. The van der Waals surface area contributed by atoms with Crippen LogP contribution in [0.25, 0.3) is 0 Å². The van der Waals surface area contributed by atoms with Crippen LogP contribution in [0.4, 0.5) is 0 Å². The first kappa shape index (κ1) is 18.2. The lowest BCUT2D eigenvalue weighted by Crippen LogP contribution is -2.32. The normalized spacial score (nSPS) is 35.0. The van der Waals surface area contributed by atoms with Crippen molar-refractivity contribution in [2.75, 3.05) is 20.3 Å². The lowest BCUT2D eigenvalue weighted by atomic mass is 9.87. The molecule has 0 spiro atoms. The molecule has 0 amide bonds. The average molecular weight is 339 g/mol. The second-order valence-electron chi connectivity index (χ2n) is 7.69. The van der Waals surface area contributed by atoms with Crippen LogP contribution >= 0.6 is 0 Å². The Kier molecular flexibility index (Phi) is 6.93. The standard InChI is InChI=1S/C19H33NO4/c1-22-19(21)14-7-9-16(10-8-14)23-13-15-11-18(12-20-15)24-17-5-3-2-4-6-17/h14-18,20H,2-13H2,1H3/t14-,15-,16-,18-/m0/s1. The maximum absolute atomic E-state index is 11.6. The van der Waals surface area contributed by atoms with Crippen LogP contribution < -0.4 is 5.32 Å². The van der Waals surface area contributed by atoms with E-state index in [1.807, 2.05) is 0 Å². The third-order valence-electron chi connectivity index (χ3n) is 5.86. The first-order valence-corrected chi connectivity index (χ1v) is 9.83. The smallest absolute Gasteiger partial charge is 0.308 e. The number of carbonyl (C=O) groups excluding carboxylic acids is 1. The molecule has 2 aliphatic carbocycles. The van der Waals surface area contributed by atoms with E-state index in [4.69, 9.17) is 14.2 Å². The molecular weight excluding hydrogens is 306 g/mol. The summed E-state index contributed by atoms with van der Waals surface area (Å²) in [6, 6.07) is 0.414. The molecule has 0 bridgehead atoms. The molecule has 0 aromatic rings. The van der Waals surface area contributed by atoms with Gasteiger partial charge in [0.2, 0.25) is 0 Å². The third-order valence-corrected chi connectivity index (χ3v) is 5.86. The molecule has 3 rings (SSSR count). The molecule has 0 aromatic heterocycles. The number of ether oxygens (including phenoxy) is 3. The first-order chi connectivity index (χ1) is 11.7. The molecule has 1 aliphatic heterocycles. The molecule has 0 unspecified atom stereocenters. The molecule has 2 atom stereocenters. The van der Waals surface area contributed by atoms with E-state index in [0.717, 1.165) is 45.3 Å². The Labute approximate surface area is 145 Å². The van der Waals surface area contributed by atoms with E-state index < -0.39 is 0 Å². The van der Waals surface area contributed by atoms with Crippen molar-refractivity contribution in [3.63, 3.8) is 0 Å². The van der Waals surface area contributed by atoms with E-state index in [1.165, 1.54) is 39.2 Å². The van der Waals surface area contributed by atoms with Crippen LogP contribution in [0.2, 0.25) is 0 Å². The van der Waals surface area contributed by atoms with Crippen LogP contribution in [0.3, 0.4) is 0 Å². The van der Waals surface area contributed by atoms with Crippen LogP contribution in [0, 0.1) is 5.92 Å². The molecule has 5 heteroatoms. The van der Waals surface area contributed by atoms with Crippen molar-refractivity contribution in [2.45, 2.75) is 88.6 Å². The largest absolute Gasteiger partial charge is 0.469 e. The Morgan fingerprint density at radius 3 is 2.42 bits per heavy atom. The number of methoxy groups -OCH3 is 1. The molecule has 0 aromatic carbocycles. The summed E-state index contributed by atoms with van der Waals surface area (Å²) in [4.78, 5) is 11.6. The summed E-state index contributed by atoms with van der Waals surface area (Å²) >= 11 is 0. The number of hydrogen-bond acceptors (Lipinski definition) is 5. The lowest BCUT2D eigenvalue weighted by molar-refractivity contribution is -0.147. The Hall–Kier alpha value is -0.650. The van der Waals surface area contributed by atoms with E-state index >= 15 is 0 Å². The van der Waals surface area contributed by atoms with Gasteiger partial charge in [-0.05, 0) is 44.9 Å². The lowest BCUT2D eigenvalue weighted by Gasteiger charge is -2.28. The van der Waals surface area contributed by atoms with Crippen LogP contribution in [0.15, 0.2) is 0 Å². The van der Waals surface area contributed by atoms with Crippen molar-refractivity contribution in [3.05, 3.63) is 0 Å². The highest BCUT2D eigenvalue weighted by molar-refractivity contribution is 5.72. The highest BCUT2D eigenvalue weighted by Gasteiger charge is 2.30.